The van der Waals surface area contributed by atoms with Crippen molar-refractivity contribution in [1.29, 1.82) is 0 Å². The highest BCUT2D eigenvalue weighted by Gasteiger charge is 2.42. The topological polar surface area (TPSA) is 36.9 Å². The van der Waals surface area contributed by atoms with Crippen LogP contribution in [0, 0.1) is 34.9 Å². The molecular weight excluding hydrogens is 528 g/mol. The summed E-state index contributed by atoms with van der Waals surface area (Å²) in [5, 5.41) is 0. The van der Waals surface area contributed by atoms with Gasteiger partial charge in [0, 0.05) is 23.8 Å². The highest BCUT2D eigenvalue weighted by Crippen LogP contribution is 2.38. The van der Waals surface area contributed by atoms with E-state index in [-0.39, 0.29) is 24.9 Å². The second kappa shape index (κ2) is 11.3. The van der Waals surface area contributed by atoms with Crippen LogP contribution in [0.4, 0.5) is 35.1 Å². The Morgan fingerprint density at radius 2 is 1.42 bits per heavy atom. The maximum absolute atomic E-state index is 14.8. The lowest BCUT2D eigenvalue weighted by molar-refractivity contribution is -0.230. The Morgan fingerprint density at radius 3 is 1.97 bits per heavy atom. The third-order valence-electron chi connectivity index (χ3n) is 5.53. The summed E-state index contributed by atoms with van der Waals surface area (Å²) >= 11 is 0. The van der Waals surface area contributed by atoms with E-state index in [0.29, 0.717) is 36.9 Å². The number of alkyl halides is 2. The molecule has 1 fully saturated rings. The normalized spacial score (nSPS) is 18.0. The molecule has 0 aliphatic carbocycles. The van der Waals surface area contributed by atoms with E-state index in [9.17, 15) is 35.1 Å². The molecule has 0 bridgehead atoms. The molecule has 1 saturated heterocycles. The minimum absolute atomic E-state index is 0.0632. The molecule has 3 aromatic carbocycles. The number of hydrogen-bond donors (Lipinski definition) is 0. The number of hydrogen-bond acceptors (Lipinski definition) is 4. The molecule has 0 aromatic heterocycles. The van der Waals surface area contributed by atoms with Gasteiger partial charge in [0.15, 0.2) is 23.7 Å². The molecule has 1 heterocycles. The molecule has 0 N–H and O–H groups in total. The standard InChI is InChI=1S/C26H20F8O4/c1-2-5-35-16-11-36-25(37-12-16)14-8-19(28)23(20(29)9-14)26(33,34)38-15-3-4-17(18(27)10-15)13-6-21(30)24(32)22(31)7-13/h3-4,6-10,16,25H,2,5,11-12H2,1H3. The smallest absolute Gasteiger partial charge is 0.429 e. The highest BCUT2D eigenvalue weighted by molar-refractivity contribution is 5.65. The van der Waals surface area contributed by atoms with E-state index in [2.05, 4.69) is 4.74 Å². The molecule has 12 heteroatoms. The molecule has 38 heavy (non-hydrogen) atoms. The van der Waals surface area contributed by atoms with Gasteiger partial charge in [-0.25, -0.2) is 26.3 Å². The molecule has 0 unspecified atom stereocenters. The van der Waals surface area contributed by atoms with Crippen LogP contribution in [-0.2, 0) is 20.3 Å². The van der Waals surface area contributed by atoms with Gasteiger partial charge in [0.05, 0.1) is 13.2 Å². The fourth-order valence-corrected chi connectivity index (χ4v) is 3.77. The van der Waals surface area contributed by atoms with Crippen molar-refractivity contribution in [1.82, 2.24) is 0 Å². The van der Waals surface area contributed by atoms with Crippen molar-refractivity contribution in [2.75, 3.05) is 19.8 Å². The maximum Gasteiger partial charge on any atom is 0.432 e. The lowest BCUT2D eigenvalue weighted by atomic mass is 10.0. The van der Waals surface area contributed by atoms with Gasteiger partial charge in [-0.3, -0.25) is 0 Å². The number of rotatable bonds is 8. The van der Waals surface area contributed by atoms with Crippen LogP contribution >= 0.6 is 0 Å². The van der Waals surface area contributed by atoms with E-state index in [1.165, 1.54) is 0 Å². The third-order valence-corrected chi connectivity index (χ3v) is 5.53. The van der Waals surface area contributed by atoms with E-state index < -0.39 is 69.7 Å². The van der Waals surface area contributed by atoms with Crippen LogP contribution < -0.4 is 4.74 Å². The van der Waals surface area contributed by atoms with Gasteiger partial charge in [0.1, 0.15) is 34.9 Å². The van der Waals surface area contributed by atoms with Gasteiger partial charge < -0.3 is 18.9 Å². The van der Waals surface area contributed by atoms with Crippen molar-refractivity contribution >= 4 is 0 Å². The molecule has 4 nitrogen and oxygen atoms in total. The summed E-state index contributed by atoms with van der Waals surface area (Å²) in [7, 11) is 0. The largest absolute Gasteiger partial charge is 0.432 e. The first-order valence-electron chi connectivity index (χ1n) is 11.4. The lowest BCUT2D eigenvalue weighted by Gasteiger charge is -2.30. The van der Waals surface area contributed by atoms with Crippen LogP contribution in [0.2, 0.25) is 0 Å². The van der Waals surface area contributed by atoms with E-state index in [0.717, 1.165) is 18.6 Å². The average Bonchev–Trinajstić information content (AvgIpc) is 2.85. The van der Waals surface area contributed by atoms with Gasteiger partial charge in [-0.05, 0) is 48.4 Å². The molecule has 0 amide bonds. The molecule has 204 valence electrons. The molecule has 0 atom stereocenters. The third kappa shape index (κ3) is 5.92. The Kier molecular flexibility index (Phi) is 8.24. The van der Waals surface area contributed by atoms with Crippen LogP contribution in [0.15, 0.2) is 42.5 Å². The van der Waals surface area contributed by atoms with Crippen LogP contribution in [0.1, 0.15) is 30.8 Å². The SMILES string of the molecule is CCCOC1COC(c2cc(F)c(C(F)(F)Oc3ccc(-c4cc(F)c(F)c(F)c4)c(F)c3)c(F)c2)OC1. The van der Waals surface area contributed by atoms with E-state index in [4.69, 9.17) is 14.2 Å². The van der Waals surface area contributed by atoms with Crippen LogP contribution in [0.3, 0.4) is 0 Å². The zero-order valence-corrected chi connectivity index (χ0v) is 19.7. The Balaban J connectivity index is 1.52. The van der Waals surface area contributed by atoms with Gasteiger partial charge in [-0.2, -0.15) is 8.78 Å². The van der Waals surface area contributed by atoms with Crippen molar-refractivity contribution in [3.8, 4) is 16.9 Å². The molecule has 0 spiro atoms. The molecule has 0 radical (unpaired) electrons. The summed E-state index contributed by atoms with van der Waals surface area (Å²) in [5.74, 6) is -10.4. The second-order valence-corrected chi connectivity index (χ2v) is 8.37. The van der Waals surface area contributed by atoms with E-state index >= 15 is 0 Å². The first-order chi connectivity index (χ1) is 18.0. The highest BCUT2D eigenvalue weighted by atomic mass is 19.3. The zero-order chi connectivity index (χ0) is 27.6. The predicted octanol–water partition coefficient (Wildman–Crippen LogP) is 7.16. The van der Waals surface area contributed by atoms with Gasteiger partial charge in [-0.15, -0.1) is 0 Å². The van der Waals surface area contributed by atoms with Gasteiger partial charge in [0.2, 0.25) is 0 Å². The fourth-order valence-electron chi connectivity index (χ4n) is 3.77. The minimum atomic E-state index is -4.60. The number of ether oxygens (including phenoxy) is 4. The summed E-state index contributed by atoms with van der Waals surface area (Å²) in [6.45, 7) is 2.50. The summed E-state index contributed by atoms with van der Waals surface area (Å²) in [6.07, 6.45) is -5.43. The summed E-state index contributed by atoms with van der Waals surface area (Å²) < 4.78 is 134. The Bertz CT molecular complexity index is 1260. The number of halogens is 8. The van der Waals surface area contributed by atoms with Crippen LogP contribution in [0.5, 0.6) is 5.75 Å². The van der Waals surface area contributed by atoms with Crippen LogP contribution in [0.25, 0.3) is 11.1 Å². The molecule has 4 rings (SSSR count). The predicted molar refractivity (Wildman–Crippen MR) is 117 cm³/mol. The Hall–Kier alpha value is -3.22. The minimum Gasteiger partial charge on any atom is -0.429 e. The first-order valence-corrected chi connectivity index (χ1v) is 11.4. The molecular formula is C26H20F8O4. The zero-order valence-electron chi connectivity index (χ0n) is 19.7. The molecule has 1 aliphatic heterocycles. The van der Waals surface area contributed by atoms with Crippen LogP contribution in [-0.4, -0.2) is 25.9 Å². The fraction of sp³-hybridized carbons (Fsp3) is 0.308. The molecule has 3 aromatic rings. The summed E-state index contributed by atoms with van der Waals surface area (Å²) in [4.78, 5) is 0. The maximum atomic E-state index is 14.8. The van der Waals surface area contributed by atoms with E-state index in [1.54, 1.807) is 0 Å². The number of benzene rings is 3. The molecule has 0 saturated carbocycles. The van der Waals surface area contributed by atoms with Crippen molar-refractivity contribution < 1.29 is 54.1 Å². The average molecular weight is 548 g/mol. The Morgan fingerprint density at radius 1 is 0.816 bits per heavy atom. The van der Waals surface area contributed by atoms with Crippen molar-refractivity contribution in [3.63, 3.8) is 0 Å². The second-order valence-electron chi connectivity index (χ2n) is 8.37. The Labute approximate surface area is 211 Å². The van der Waals surface area contributed by atoms with Gasteiger partial charge in [-0.1, -0.05) is 6.92 Å². The quantitative estimate of drug-likeness (QED) is 0.221. The van der Waals surface area contributed by atoms with Crippen molar-refractivity contribution in [3.05, 3.63) is 88.5 Å². The summed E-state index contributed by atoms with van der Waals surface area (Å²) in [5.41, 5.74) is -2.81. The van der Waals surface area contributed by atoms with E-state index in [1.807, 2.05) is 6.92 Å². The van der Waals surface area contributed by atoms with Gasteiger partial charge in [0.25, 0.3) is 0 Å². The van der Waals surface area contributed by atoms with Crippen molar-refractivity contribution in [2.45, 2.75) is 31.8 Å². The summed E-state index contributed by atoms with van der Waals surface area (Å²) in [6, 6.07) is 4.28. The van der Waals surface area contributed by atoms with Gasteiger partial charge >= 0.3 is 6.11 Å². The lowest BCUT2D eigenvalue weighted by Crippen LogP contribution is -2.34. The molecule has 1 aliphatic rings. The monoisotopic (exact) mass is 548 g/mol. The van der Waals surface area contributed by atoms with Crippen molar-refractivity contribution in [2.24, 2.45) is 0 Å². The first kappa shape index (κ1) is 27.8.